The first kappa shape index (κ1) is 28.8. The van der Waals surface area contributed by atoms with E-state index in [1.54, 1.807) is 38.3 Å². The molecule has 9 nitrogen and oxygen atoms in total. The number of methoxy groups -OCH3 is 1. The van der Waals surface area contributed by atoms with Crippen LogP contribution in [0.2, 0.25) is 5.02 Å². The molecule has 0 saturated heterocycles. The van der Waals surface area contributed by atoms with Crippen LogP contribution in [-0.4, -0.2) is 46.5 Å². The molecule has 3 N–H and O–H groups in total. The van der Waals surface area contributed by atoms with Gasteiger partial charge in [0.25, 0.3) is 5.91 Å². The van der Waals surface area contributed by atoms with Gasteiger partial charge in [0.05, 0.1) is 36.3 Å². The van der Waals surface area contributed by atoms with Crippen molar-refractivity contribution < 1.29 is 33.8 Å². The van der Waals surface area contributed by atoms with E-state index in [9.17, 15) is 19.8 Å². The lowest BCUT2D eigenvalue weighted by Crippen LogP contribution is -2.46. The minimum atomic E-state index is -0.729. The van der Waals surface area contributed by atoms with E-state index >= 15 is 0 Å². The van der Waals surface area contributed by atoms with Crippen LogP contribution in [0.3, 0.4) is 0 Å². The van der Waals surface area contributed by atoms with Gasteiger partial charge in [-0.3, -0.25) is 9.59 Å². The first-order valence-electron chi connectivity index (χ1n) is 12.1. The Hall–Kier alpha value is -3.72. The summed E-state index contributed by atoms with van der Waals surface area (Å²) in [4.78, 5) is 25.6. The van der Waals surface area contributed by atoms with Crippen LogP contribution >= 0.6 is 11.6 Å². The Morgan fingerprint density at radius 3 is 2.34 bits per heavy atom. The smallest absolute Gasteiger partial charge is 0.306 e. The molecule has 204 valence electrons. The van der Waals surface area contributed by atoms with Crippen molar-refractivity contribution in [3.05, 3.63) is 47.1 Å². The number of carbonyl (C=O) groups is 2. The van der Waals surface area contributed by atoms with Crippen molar-refractivity contribution in [1.82, 2.24) is 10.5 Å². The number of halogens is 1. The van der Waals surface area contributed by atoms with Gasteiger partial charge >= 0.3 is 5.97 Å². The van der Waals surface area contributed by atoms with Crippen molar-refractivity contribution in [2.24, 2.45) is 5.41 Å². The number of phenols is 2. The van der Waals surface area contributed by atoms with Crippen molar-refractivity contribution in [3.63, 3.8) is 0 Å². The summed E-state index contributed by atoms with van der Waals surface area (Å²) in [6.45, 7) is 9.65. The van der Waals surface area contributed by atoms with E-state index in [-0.39, 0.29) is 45.9 Å². The number of hydrogen-bond acceptors (Lipinski definition) is 8. The maximum absolute atomic E-state index is 13.6. The maximum Gasteiger partial charge on any atom is 0.306 e. The van der Waals surface area contributed by atoms with Crippen LogP contribution in [0, 0.1) is 5.41 Å². The van der Waals surface area contributed by atoms with E-state index in [2.05, 4.69) is 10.5 Å². The molecule has 2 aromatic carbocycles. The van der Waals surface area contributed by atoms with E-state index < -0.39 is 16.9 Å². The molecule has 0 aliphatic rings. The number of nitrogens with zero attached hydrogens (tertiary/aromatic N) is 1. The van der Waals surface area contributed by atoms with Crippen LogP contribution < -0.4 is 10.1 Å². The van der Waals surface area contributed by atoms with Crippen LogP contribution in [0.25, 0.3) is 22.5 Å². The van der Waals surface area contributed by atoms with Gasteiger partial charge in [-0.15, -0.1) is 0 Å². The van der Waals surface area contributed by atoms with Crippen molar-refractivity contribution in [2.75, 3.05) is 13.7 Å². The van der Waals surface area contributed by atoms with Crippen molar-refractivity contribution >= 4 is 23.5 Å². The van der Waals surface area contributed by atoms with Crippen molar-refractivity contribution in [2.45, 2.75) is 53.0 Å². The molecule has 1 amide bonds. The summed E-state index contributed by atoms with van der Waals surface area (Å²) in [6.07, 6.45) is 0.674. The zero-order chi connectivity index (χ0) is 28.3. The van der Waals surface area contributed by atoms with Crippen molar-refractivity contribution in [1.29, 1.82) is 0 Å². The van der Waals surface area contributed by atoms with E-state index in [1.165, 1.54) is 6.07 Å². The number of nitrogens with one attached hydrogen (secondary N) is 1. The van der Waals surface area contributed by atoms with Gasteiger partial charge in [0.1, 0.15) is 17.2 Å². The highest BCUT2D eigenvalue weighted by Gasteiger charge is 2.34. The maximum atomic E-state index is 13.6. The number of hydrogen-bond donors (Lipinski definition) is 3. The Morgan fingerprint density at radius 1 is 1.08 bits per heavy atom. The number of aromatic nitrogens is 1. The van der Waals surface area contributed by atoms with Crippen molar-refractivity contribution in [3.8, 4) is 39.7 Å². The fourth-order valence-electron chi connectivity index (χ4n) is 4.66. The number of phenolic OH excluding ortho intramolecular Hbond substituents is 2. The summed E-state index contributed by atoms with van der Waals surface area (Å²) >= 11 is 6.10. The summed E-state index contributed by atoms with van der Waals surface area (Å²) in [6, 6.07) is 9.34. The van der Waals surface area contributed by atoms with E-state index in [1.807, 2.05) is 27.7 Å². The molecule has 3 rings (SSSR count). The highest BCUT2D eigenvalue weighted by molar-refractivity contribution is 6.32. The molecule has 0 atom stereocenters. The molecule has 10 heteroatoms. The molecule has 1 heterocycles. The molecular weight excluding hydrogens is 512 g/mol. The molecule has 0 aliphatic heterocycles. The lowest BCUT2D eigenvalue weighted by molar-refractivity contribution is -0.145. The summed E-state index contributed by atoms with van der Waals surface area (Å²) in [7, 11) is 1.54. The van der Waals surface area contributed by atoms with E-state index in [0.29, 0.717) is 29.9 Å². The van der Waals surface area contributed by atoms with Crippen LogP contribution in [0.5, 0.6) is 17.2 Å². The molecule has 3 aromatic rings. The van der Waals surface area contributed by atoms with Gasteiger partial charge in [0, 0.05) is 11.6 Å². The number of esters is 1. The van der Waals surface area contributed by atoms with Gasteiger partial charge in [-0.1, -0.05) is 42.7 Å². The standard InChI is InChI=1S/C28H33ClN2O7/c1-7-37-22(34)14-27(2,3)15-28(4,5)30-26(35)24-23(16-8-10-17(36-6)11-9-16)25(38-31-24)18-12-19(29)21(33)13-20(18)32/h8-13,32-33H,7,14-15H2,1-6H3,(H,30,35). The monoisotopic (exact) mass is 544 g/mol. The van der Waals surface area contributed by atoms with Gasteiger partial charge in [0.15, 0.2) is 11.5 Å². The Morgan fingerprint density at radius 2 is 1.74 bits per heavy atom. The van der Waals surface area contributed by atoms with Gasteiger partial charge in [0.2, 0.25) is 0 Å². The lowest BCUT2D eigenvalue weighted by Gasteiger charge is -2.35. The van der Waals surface area contributed by atoms with E-state index in [4.69, 9.17) is 25.6 Å². The normalized spacial score (nSPS) is 11.8. The fourth-order valence-corrected chi connectivity index (χ4v) is 4.82. The molecule has 0 radical (unpaired) electrons. The Labute approximate surface area is 226 Å². The summed E-state index contributed by atoms with van der Waals surface area (Å²) in [5.41, 5.74) is -0.135. The van der Waals surface area contributed by atoms with Gasteiger partial charge in [-0.25, -0.2) is 0 Å². The average Bonchev–Trinajstić information content (AvgIpc) is 3.25. The van der Waals surface area contributed by atoms with Gasteiger partial charge < -0.3 is 29.5 Å². The number of benzene rings is 2. The molecule has 0 aliphatic carbocycles. The van der Waals surface area contributed by atoms with Crippen LogP contribution in [0.1, 0.15) is 57.9 Å². The minimum absolute atomic E-state index is 0.00848. The first-order chi connectivity index (χ1) is 17.8. The summed E-state index contributed by atoms with van der Waals surface area (Å²) in [5, 5.41) is 27.4. The quantitative estimate of drug-likeness (QED) is 0.266. The SMILES string of the molecule is CCOC(=O)CC(C)(C)CC(C)(C)NC(=O)c1noc(-c2cc(Cl)c(O)cc2O)c1-c1ccc(OC)cc1. The Balaban J connectivity index is 2.00. The zero-order valence-electron chi connectivity index (χ0n) is 22.3. The second kappa shape index (κ2) is 11.3. The molecule has 0 bridgehead atoms. The molecule has 0 unspecified atom stereocenters. The van der Waals surface area contributed by atoms with Crippen LogP contribution in [-0.2, 0) is 9.53 Å². The number of rotatable bonds is 10. The van der Waals surface area contributed by atoms with Gasteiger partial charge in [-0.2, -0.15) is 0 Å². The third-order valence-corrected chi connectivity index (χ3v) is 6.20. The number of amides is 1. The van der Waals surface area contributed by atoms with Crippen LogP contribution in [0.4, 0.5) is 0 Å². The number of aromatic hydroxyl groups is 2. The topological polar surface area (TPSA) is 131 Å². The highest BCUT2D eigenvalue weighted by Crippen LogP contribution is 2.43. The second-order valence-electron chi connectivity index (χ2n) is 10.4. The fraction of sp³-hybridized carbons (Fsp3) is 0.393. The number of carbonyl (C=O) groups excluding carboxylic acids is 2. The second-order valence-corrected chi connectivity index (χ2v) is 10.9. The lowest BCUT2D eigenvalue weighted by atomic mass is 9.77. The molecule has 38 heavy (non-hydrogen) atoms. The molecular formula is C28H33ClN2O7. The third kappa shape index (κ3) is 6.77. The Bertz CT molecular complexity index is 1310. The largest absolute Gasteiger partial charge is 0.507 e. The number of ether oxygens (including phenoxy) is 2. The third-order valence-electron chi connectivity index (χ3n) is 5.90. The highest BCUT2D eigenvalue weighted by atomic mass is 35.5. The molecule has 1 aromatic heterocycles. The predicted octanol–water partition coefficient (Wildman–Crippen LogP) is 5.96. The summed E-state index contributed by atoms with van der Waals surface area (Å²) < 4.78 is 15.9. The van der Waals surface area contributed by atoms with Crippen LogP contribution in [0.15, 0.2) is 40.9 Å². The summed E-state index contributed by atoms with van der Waals surface area (Å²) in [5.74, 6) is -0.699. The average molecular weight is 545 g/mol. The minimum Gasteiger partial charge on any atom is -0.507 e. The molecule has 0 spiro atoms. The molecule has 0 fully saturated rings. The van der Waals surface area contributed by atoms with Gasteiger partial charge in [-0.05, 0) is 56.4 Å². The first-order valence-corrected chi connectivity index (χ1v) is 12.5. The van der Waals surface area contributed by atoms with E-state index in [0.717, 1.165) is 6.07 Å². The molecule has 0 saturated carbocycles. The predicted molar refractivity (Wildman–Crippen MR) is 143 cm³/mol. The zero-order valence-corrected chi connectivity index (χ0v) is 23.1. The Kier molecular flexibility index (Phi) is 8.61.